The van der Waals surface area contributed by atoms with Crippen LogP contribution in [0.15, 0.2) is 18.2 Å². The molecule has 2 N–H and O–H groups in total. The zero-order valence-electron chi connectivity index (χ0n) is 11.7. The number of nitrogens with one attached hydrogen (secondary N) is 2. The van der Waals surface area contributed by atoms with Crippen LogP contribution in [0, 0.1) is 5.82 Å². The summed E-state index contributed by atoms with van der Waals surface area (Å²) in [5.74, 6) is -0.949. The first kappa shape index (κ1) is 15.7. The SMILES string of the molecule is CS(=O)(=O)Nc1ccc(F)cc1C(=O)N1CCCNCC1. The molecule has 0 atom stereocenters. The molecule has 2 rings (SSSR count). The van der Waals surface area contributed by atoms with E-state index in [1.54, 1.807) is 4.90 Å². The molecule has 1 saturated heterocycles. The molecule has 0 aliphatic carbocycles. The summed E-state index contributed by atoms with van der Waals surface area (Å²) in [5.41, 5.74) is 0.128. The van der Waals surface area contributed by atoms with Gasteiger partial charge in [-0.25, -0.2) is 12.8 Å². The highest BCUT2D eigenvalue weighted by atomic mass is 32.2. The molecule has 1 heterocycles. The number of carbonyl (C=O) groups excluding carboxylic acids is 1. The summed E-state index contributed by atoms with van der Waals surface area (Å²) in [7, 11) is -3.54. The van der Waals surface area contributed by atoms with Gasteiger partial charge in [-0.3, -0.25) is 9.52 Å². The van der Waals surface area contributed by atoms with E-state index in [4.69, 9.17) is 0 Å². The Morgan fingerprint density at radius 2 is 2.10 bits per heavy atom. The molecule has 0 bridgehead atoms. The monoisotopic (exact) mass is 315 g/mol. The average Bonchev–Trinajstić information content (AvgIpc) is 2.67. The first-order valence-electron chi connectivity index (χ1n) is 6.64. The van der Waals surface area contributed by atoms with E-state index in [1.165, 1.54) is 6.07 Å². The van der Waals surface area contributed by atoms with E-state index in [-0.39, 0.29) is 17.2 Å². The number of amides is 1. The van der Waals surface area contributed by atoms with Gasteiger partial charge < -0.3 is 10.2 Å². The topological polar surface area (TPSA) is 78.5 Å². The summed E-state index contributed by atoms with van der Waals surface area (Å²) in [6, 6.07) is 3.45. The van der Waals surface area contributed by atoms with Crippen LogP contribution in [0.3, 0.4) is 0 Å². The Kier molecular flexibility index (Phi) is 4.79. The highest BCUT2D eigenvalue weighted by Gasteiger charge is 2.21. The second kappa shape index (κ2) is 6.40. The number of sulfonamides is 1. The minimum absolute atomic E-state index is 0.0299. The lowest BCUT2D eigenvalue weighted by atomic mass is 10.1. The maximum absolute atomic E-state index is 13.4. The molecule has 6 nitrogen and oxygen atoms in total. The third kappa shape index (κ3) is 4.40. The molecule has 21 heavy (non-hydrogen) atoms. The van der Waals surface area contributed by atoms with Gasteiger partial charge in [0.15, 0.2) is 0 Å². The number of nitrogens with zero attached hydrogens (tertiary/aromatic N) is 1. The van der Waals surface area contributed by atoms with Gasteiger partial charge in [0.1, 0.15) is 5.82 Å². The maximum Gasteiger partial charge on any atom is 0.256 e. The van der Waals surface area contributed by atoms with Crippen LogP contribution in [0.2, 0.25) is 0 Å². The van der Waals surface area contributed by atoms with Gasteiger partial charge in [0.25, 0.3) is 5.91 Å². The lowest BCUT2D eigenvalue weighted by molar-refractivity contribution is 0.0767. The molecule has 0 spiro atoms. The lowest BCUT2D eigenvalue weighted by Gasteiger charge is -2.21. The summed E-state index contributed by atoms with van der Waals surface area (Å²) in [5, 5.41) is 3.17. The average molecular weight is 315 g/mol. The van der Waals surface area contributed by atoms with Crippen LogP contribution in [0.4, 0.5) is 10.1 Å². The molecule has 1 aromatic carbocycles. The van der Waals surface area contributed by atoms with Gasteiger partial charge in [-0.2, -0.15) is 0 Å². The third-order valence-electron chi connectivity index (χ3n) is 3.13. The smallest absolute Gasteiger partial charge is 0.256 e. The Bertz CT molecular complexity index is 626. The van der Waals surface area contributed by atoms with Gasteiger partial charge in [-0.05, 0) is 31.2 Å². The fourth-order valence-electron chi connectivity index (χ4n) is 2.20. The van der Waals surface area contributed by atoms with Crippen molar-refractivity contribution in [1.82, 2.24) is 10.2 Å². The van der Waals surface area contributed by atoms with Crippen molar-refractivity contribution in [2.75, 3.05) is 37.2 Å². The number of hydrogen-bond acceptors (Lipinski definition) is 4. The Balaban J connectivity index is 2.32. The second-order valence-electron chi connectivity index (χ2n) is 4.96. The van der Waals surface area contributed by atoms with Crippen LogP contribution < -0.4 is 10.0 Å². The van der Waals surface area contributed by atoms with Crippen LogP contribution in [0.1, 0.15) is 16.8 Å². The first-order valence-corrected chi connectivity index (χ1v) is 8.53. The minimum atomic E-state index is -3.54. The number of carbonyl (C=O) groups is 1. The first-order chi connectivity index (χ1) is 9.87. The van der Waals surface area contributed by atoms with Crippen molar-refractivity contribution in [2.24, 2.45) is 0 Å². The third-order valence-corrected chi connectivity index (χ3v) is 3.73. The molecule has 0 aromatic heterocycles. The van der Waals surface area contributed by atoms with Gasteiger partial charge in [0.05, 0.1) is 17.5 Å². The van der Waals surface area contributed by atoms with Crippen molar-refractivity contribution in [3.63, 3.8) is 0 Å². The molecule has 1 aliphatic rings. The van der Waals surface area contributed by atoms with Gasteiger partial charge >= 0.3 is 0 Å². The summed E-state index contributed by atoms with van der Waals surface area (Å²) in [6.07, 6.45) is 1.79. The Labute approximate surface area is 123 Å². The highest BCUT2D eigenvalue weighted by Crippen LogP contribution is 2.20. The van der Waals surface area contributed by atoms with Gasteiger partial charge in [0, 0.05) is 19.6 Å². The lowest BCUT2D eigenvalue weighted by Crippen LogP contribution is -2.34. The van der Waals surface area contributed by atoms with Crippen LogP contribution in [-0.2, 0) is 10.0 Å². The molecule has 1 amide bonds. The summed E-state index contributed by atoms with van der Waals surface area (Å²) in [4.78, 5) is 14.1. The van der Waals surface area contributed by atoms with Crippen molar-refractivity contribution in [1.29, 1.82) is 0 Å². The van der Waals surface area contributed by atoms with Gasteiger partial charge in [0.2, 0.25) is 10.0 Å². The molecule has 1 fully saturated rings. The summed E-state index contributed by atoms with van der Waals surface area (Å²) in [6.45, 7) is 2.55. The fraction of sp³-hybridized carbons (Fsp3) is 0.462. The van der Waals surface area contributed by atoms with E-state index >= 15 is 0 Å². The molecule has 116 valence electrons. The maximum atomic E-state index is 13.4. The fourth-order valence-corrected chi connectivity index (χ4v) is 2.78. The highest BCUT2D eigenvalue weighted by molar-refractivity contribution is 7.92. The normalized spacial score (nSPS) is 16.4. The molecule has 8 heteroatoms. The van der Waals surface area contributed by atoms with Crippen molar-refractivity contribution in [2.45, 2.75) is 6.42 Å². The number of rotatable bonds is 3. The van der Waals surface area contributed by atoms with Gasteiger partial charge in [-0.15, -0.1) is 0 Å². The summed E-state index contributed by atoms with van der Waals surface area (Å²) >= 11 is 0. The zero-order valence-corrected chi connectivity index (χ0v) is 12.5. The van der Waals surface area contributed by atoms with E-state index in [9.17, 15) is 17.6 Å². The van der Waals surface area contributed by atoms with Crippen LogP contribution in [0.25, 0.3) is 0 Å². The van der Waals surface area contributed by atoms with E-state index in [1.807, 2.05) is 0 Å². The Morgan fingerprint density at radius 3 is 2.81 bits per heavy atom. The Hall–Kier alpha value is -1.67. The quantitative estimate of drug-likeness (QED) is 0.858. The van der Waals surface area contributed by atoms with E-state index in [0.717, 1.165) is 31.4 Å². The molecule has 0 radical (unpaired) electrons. The summed E-state index contributed by atoms with van der Waals surface area (Å²) < 4.78 is 38.4. The van der Waals surface area contributed by atoms with Crippen LogP contribution in [-0.4, -0.2) is 51.7 Å². The van der Waals surface area contributed by atoms with Gasteiger partial charge in [-0.1, -0.05) is 0 Å². The molecular formula is C13H18FN3O3S. The van der Waals surface area contributed by atoms with Crippen molar-refractivity contribution >= 4 is 21.6 Å². The predicted octanol–water partition coefficient (Wildman–Crippen LogP) is 0.633. The van der Waals surface area contributed by atoms with Crippen molar-refractivity contribution in [3.05, 3.63) is 29.6 Å². The van der Waals surface area contributed by atoms with E-state index < -0.39 is 15.8 Å². The molecule has 1 aromatic rings. The van der Waals surface area contributed by atoms with E-state index in [2.05, 4.69) is 10.0 Å². The molecular weight excluding hydrogens is 297 g/mol. The molecule has 0 saturated carbocycles. The molecule has 0 unspecified atom stereocenters. The largest absolute Gasteiger partial charge is 0.337 e. The Morgan fingerprint density at radius 1 is 1.33 bits per heavy atom. The predicted molar refractivity (Wildman–Crippen MR) is 78.3 cm³/mol. The molecule has 1 aliphatic heterocycles. The standard InChI is InChI=1S/C13H18FN3O3S/c1-21(19,20)16-12-4-3-10(14)9-11(12)13(18)17-7-2-5-15-6-8-17/h3-4,9,15-16H,2,5-8H2,1H3. The van der Waals surface area contributed by atoms with E-state index in [0.29, 0.717) is 19.6 Å². The zero-order chi connectivity index (χ0) is 15.5. The van der Waals surface area contributed by atoms with Crippen LogP contribution in [0.5, 0.6) is 0 Å². The number of anilines is 1. The number of benzene rings is 1. The minimum Gasteiger partial charge on any atom is -0.337 e. The van der Waals surface area contributed by atoms with Crippen molar-refractivity contribution < 1.29 is 17.6 Å². The second-order valence-corrected chi connectivity index (χ2v) is 6.71. The number of halogens is 1. The number of hydrogen-bond donors (Lipinski definition) is 2. The van der Waals surface area contributed by atoms with Crippen molar-refractivity contribution in [3.8, 4) is 0 Å². The van der Waals surface area contributed by atoms with Crippen LogP contribution >= 0.6 is 0 Å².